The fraction of sp³-hybridized carbons (Fsp3) is 0. The summed E-state index contributed by atoms with van der Waals surface area (Å²) in [7, 11) is 0. The Morgan fingerprint density at radius 1 is 1.11 bits per heavy atom. The van der Waals surface area contributed by atoms with E-state index in [9.17, 15) is 4.79 Å². The number of hydrogen-bond acceptors (Lipinski definition) is 1. The van der Waals surface area contributed by atoms with Crippen molar-refractivity contribution < 1.29 is 4.79 Å². The molecule has 0 fully saturated rings. The molecule has 2 nitrogen and oxygen atoms in total. The second kappa shape index (κ2) is 5.74. The molecular formula is C13H8BrCl2NO. The van der Waals surface area contributed by atoms with E-state index in [-0.39, 0.29) is 5.91 Å². The van der Waals surface area contributed by atoms with Gasteiger partial charge in [-0.15, -0.1) is 0 Å². The maximum absolute atomic E-state index is 12.0. The molecule has 18 heavy (non-hydrogen) atoms. The number of carbonyl (C=O) groups is 1. The number of halogens is 3. The summed E-state index contributed by atoms with van der Waals surface area (Å²) >= 11 is 15.1. The van der Waals surface area contributed by atoms with Gasteiger partial charge in [0.05, 0.1) is 10.6 Å². The van der Waals surface area contributed by atoms with Gasteiger partial charge in [-0.25, -0.2) is 0 Å². The highest BCUT2D eigenvalue weighted by Gasteiger charge is 2.11. The van der Waals surface area contributed by atoms with Gasteiger partial charge < -0.3 is 5.32 Å². The Balaban J connectivity index is 2.24. The third kappa shape index (κ3) is 3.25. The van der Waals surface area contributed by atoms with E-state index in [4.69, 9.17) is 23.2 Å². The van der Waals surface area contributed by atoms with Crippen LogP contribution in [0.15, 0.2) is 46.9 Å². The van der Waals surface area contributed by atoms with Crippen LogP contribution in [-0.4, -0.2) is 5.91 Å². The molecule has 1 N–H and O–H groups in total. The Kier molecular flexibility index (Phi) is 4.27. The van der Waals surface area contributed by atoms with Crippen LogP contribution in [0.3, 0.4) is 0 Å². The zero-order chi connectivity index (χ0) is 13.1. The zero-order valence-corrected chi connectivity index (χ0v) is 12.2. The van der Waals surface area contributed by atoms with E-state index in [1.54, 1.807) is 42.5 Å². The molecule has 0 aromatic heterocycles. The number of amides is 1. The first-order valence-electron chi connectivity index (χ1n) is 5.08. The van der Waals surface area contributed by atoms with Gasteiger partial charge in [0, 0.05) is 15.2 Å². The topological polar surface area (TPSA) is 29.1 Å². The van der Waals surface area contributed by atoms with Crippen LogP contribution >= 0.6 is 39.1 Å². The number of hydrogen-bond donors (Lipinski definition) is 1. The highest BCUT2D eigenvalue weighted by atomic mass is 79.9. The number of anilines is 1. The highest BCUT2D eigenvalue weighted by Crippen LogP contribution is 2.22. The molecule has 0 spiro atoms. The molecule has 0 unspecified atom stereocenters. The molecule has 0 saturated carbocycles. The van der Waals surface area contributed by atoms with E-state index in [0.717, 1.165) is 4.47 Å². The van der Waals surface area contributed by atoms with Crippen molar-refractivity contribution in [2.24, 2.45) is 0 Å². The molecule has 0 radical (unpaired) electrons. The van der Waals surface area contributed by atoms with Gasteiger partial charge in [-0.2, -0.15) is 0 Å². The molecule has 92 valence electrons. The van der Waals surface area contributed by atoms with Crippen LogP contribution in [0.4, 0.5) is 5.69 Å². The van der Waals surface area contributed by atoms with Gasteiger partial charge in [0.25, 0.3) is 5.91 Å². The molecule has 0 aliphatic heterocycles. The van der Waals surface area contributed by atoms with Crippen LogP contribution in [0, 0.1) is 0 Å². The average Bonchev–Trinajstić information content (AvgIpc) is 2.32. The van der Waals surface area contributed by atoms with Gasteiger partial charge in [-0.1, -0.05) is 45.2 Å². The van der Waals surface area contributed by atoms with E-state index >= 15 is 0 Å². The van der Waals surface area contributed by atoms with Crippen LogP contribution in [0.25, 0.3) is 0 Å². The first kappa shape index (κ1) is 13.4. The first-order chi connectivity index (χ1) is 8.56. The Labute approximate surface area is 123 Å². The Hall–Kier alpha value is -1.03. The molecule has 0 aliphatic carbocycles. The normalized spacial score (nSPS) is 10.2. The molecule has 2 rings (SSSR count). The van der Waals surface area contributed by atoms with E-state index < -0.39 is 0 Å². The third-order valence-electron chi connectivity index (χ3n) is 2.26. The van der Waals surface area contributed by atoms with E-state index in [2.05, 4.69) is 21.2 Å². The second-order valence-electron chi connectivity index (χ2n) is 3.59. The van der Waals surface area contributed by atoms with Crippen molar-refractivity contribution in [1.29, 1.82) is 0 Å². The predicted molar refractivity (Wildman–Crippen MR) is 78.6 cm³/mol. The monoisotopic (exact) mass is 343 g/mol. The van der Waals surface area contributed by atoms with Crippen LogP contribution in [0.1, 0.15) is 10.4 Å². The lowest BCUT2D eigenvalue weighted by Gasteiger charge is -2.07. The van der Waals surface area contributed by atoms with Crippen LogP contribution < -0.4 is 5.32 Å². The SMILES string of the molecule is O=C(Nc1cccc(Cl)c1)c1cc(Br)ccc1Cl. The number of carbonyl (C=O) groups excluding carboxylic acids is 1. The Morgan fingerprint density at radius 2 is 1.89 bits per heavy atom. The Morgan fingerprint density at radius 3 is 2.61 bits per heavy atom. The van der Waals surface area contributed by atoms with Crippen LogP contribution in [0.5, 0.6) is 0 Å². The van der Waals surface area contributed by atoms with Gasteiger partial charge in [-0.05, 0) is 36.4 Å². The molecule has 0 bridgehead atoms. The largest absolute Gasteiger partial charge is 0.322 e. The summed E-state index contributed by atoms with van der Waals surface area (Å²) in [6.45, 7) is 0. The minimum absolute atomic E-state index is 0.274. The van der Waals surface area contributed by atoms with Crippen LogP contribution in [-0.2, 0) is 0 Å². The third-order valence-corrected chi connectivity index (χ3v) is 3.31. The van der Waals surface area contributed by atoms with Gasteiger partial charge in [0.2, 0.25) is 0 Å². The summed E-state index contributed by atoms with van der Waals surface area (Å²) in [4.78, 5) is 12.0. The van der Waals surface area contributed by atoms with Gasteiger partial charge in [0.15, 0.2) is 0 Å². The predicted octanol–water partition coefficient (Wildman–Crippen LogP) is 5.01. The van der Waals surface area contributed by atoms with Crippen molar-refractivity contribution in [3.05, 3.63) is 62.5 Å². The van der Waals surface area contributed by atoms with E-state index in [0.29, 0.717) is 21.3 Å². The fourth-order valence-corrected chi connectivity index (χ4v) is 2.19. The van der Waals surface area contributed by atoms with Crippen molar-refractivity contribution in [3.63, 3.8) is 0 Å². The molecule has 2 aromatic rings. The smallest absolute Gasteiger partial charge is 0.257 e. The maximum atomic E-state index is 12.0. The minimum Gasteiger partial charge on any atom is -0.322 e. The summed E-state index contributed by atoms with van der Waals surface area (Å²) in [6, 6.07) is 12.0. The standard InChI is InChI=1S/C13H8BrCl2NO/c14-8-4-5-12(16)11(6-8)13(18)17-10-3-1-2-9(15)7-10/h1-7H,(H,17,18). The quantitative estimate of drug-likeness (QED) is 0.815. The summed E-state index contributed by atoms with van der Waals surface area (Å²) in [5.41, 5.74) is 1.04. The lowest BCUT2D eigenvalue weighted by Crippen LogP contribution is -2.12. The van der Waals surface area contributed by atoms with Crippen molar-refractivity contribution in [2.75, 3.05) is 5.32 Å². The molecule has 0 saturated heterocycles. The summed E-state index contributed by atoms with van der Waals surface area (Å²) < 4.78 is 0.795. The average molecular weight is 345 g/mol. The number of benzene rings is 2. The van der Waals surface area contributed by atoms with Crippen LogP contribution in [0.2, 0.25) is 10.0 Å². The van der Waals surface area contributed by atoms with Crippen molar-refractivity contribution in [3.8, 4) is 0 Å². The molecule has 2 aromatic carbocycles. The van der Waals surface area contributed by atoms with Gasteiger partial charge in [-0.3, -0.25) is 4.79 Å². The molecule has 5 heteroatoms. The molecule has 0 aliphatic rings. The number of nitrogens with one attached hydrogen (secondary N) is 1. The summed E-state index contributed by atoms with van der Waals surface area (Å²) in [5.74, 6) is -0.274. The Bertz CT molecular complexity index is 601. The lowest BCUT2D eigenvalue weighted by molar-refractivity contribution is 0.102. The molecular weight excluding hydrogens is 337 g/mol. The van der Waals surface area contributed by atoms with Crippen molar-refractivity contribution in [2.45, 2.75) is 0 Å². The second-order valence-corrected chi connectivity index (χ2v) is 5.35. The van der Waals surface area contributed by atoms with Crippen molar-refractivity contribution >= 4 is 50.7 Å². The van der Waals surface area contributed by atoms with E-state index in [1.807, 2.05) is 0 Å². The highest BCUT2D eigenvalue weighted by molar-refractivity contribution is 9.10. The molecule has 0 heterocycles. The maximum Gasteiger partial charge on any atom is 0.257 e. The molecule has 1 amide bonds. The summed E-state index contributed by atoms with van der Waals surface area (Å²) in [5, 5.41) is 3.70. The lowest BCUT2D eigenvalue weighted by atomic mass is 10.2. The van der Waals surface area contributed by atoms with Gasteiger partial charge in [0.1, 0.15) is 0 Å². The minimum atomic E-state index is -0.274. The fourth-order valence-electron chi connectivity index (χ4n) is 1.44. The first-order valence-corrected chi connectivity index (χ1v) is 6.63. The number of rotatable bonds is 2. The molecule has 0 atom stereocenters. The van der Waals surface area contributed by atoms with E-state index in [1.165, 1.54) is 0 Å². The summed E-state index contributed by atoms with van der Waals surface area (Å²) in [6.07, 6.45) is 0. The van der Waals surface area contributed by atoms with Crippen molar-refractivity contribution in [1.82, 2.24) is 0 Å². The zero-order valence-electron chi connectivity index (χ0n) is 9.08. The van der Waals surface area contributed by atoms with Gasteiger partial charge >= 0.3 is 0 Å².